The van der Waals surface area contributed by atoms with E-state index in [0.717, 1.165) is 29.3 Å². The van der Waals surface area contributed by atoms with Crippen LogP contribution in [0.3, 0.4) is 0 Å². The summed E-state index contributed by atoms with van der Waals surface area (Å²) in [5.74, 6) is -0.646. The molecule has 0 saturated carbocycles. The Morgan fingerprint density at radius 2 is 1.95 bits per heavy atom. The molecule has 0 fully saturated rings. The molecule has 22 heavy (non-hydrogen) atoms. The van der Waals surface area contributed by atoms with Gasteiger partial charge in [0.05, 0.1) is 0 Å². The molecule has 2 aromatic rings. The van der Waals surface area contributed by atoms with E-state index in [9.17, 15) is 13.2 Å². The lowest BCUT2D eigenvalue weighted by molar-refractivity contribution is -0.146. The molecule has 0 amide bonds. The molecule has 3 rings (SSSR count). The van der Waals surface area contributed by atoms with Gasteiger partial charge in [0.2, 0.25) is 0 Å². The van der Waals surface area contributed by atoms with Crippen LogP contribution in [0.15, 0.2) is 12.2 Å². The Labute approximate surface area is 125 Å². The molecule has 8 heteroatoms. The first-order valence-corrected chi connectivity index (χ1v) is 7.09. The second-order valence-corrected chi connectivity index (χ2v) is 5.48. The van der Waals surface area contributed by atoms with Gasteiger partial charge < -0.3 is 5.32 Å². The minimum Gasteiger partial charge on any atom is -0.365 e. The van der Waals surface area contributed by atoms with Crippen molar-refractivity contribution < 1.29 is 13.2 Å². The Kier molecular flexibility index (Phi) is 3.54. The van der Waals surface area contributed by atoms with Gasteiger partial charge in [-0.3, -0.25) is 0 Å². The first-order chi connectivity index (χ1) is 10.4. The molecule has 118 valence electrons. The number of rotatable bonds is 2. The summed E-state index contributed by atoms with van der Waals surface area (Å²) in [6, 6.07) is 0.180. The fourth-order valence-electron chi connectivity index (χ4n) is 2.56. The lowest BCUT2D eigenvalue weighted by Crippen LogP contribution is -2.23. The fraction of sp³-hybridized carbons (Fsp3) is 0.500. The molecule has 1 aliphatic carbocycles. The standard InChI is InChI=1S/C14H16F3N5/c1-8-9(2)12-19-20-13(14(15,16)17)22(12)21-11(8)18-10-6-4-3-5-7-10/h3-4,10H,5-7H2,1-2H3,(H,18,21). The lowest BCUT2D eigenvalue weighted by Gasteiger charge is -2.21. The van der Waals surface area contributed by atoms with Gasteiger partial charge in [-0.15, -0.1) is 15.3 Å². The quantitative estimate of drug-likeness (QED) is 0.865. The summed E-state index contributed by atoms with van der Waals surface area (Å²) in [5, 5.41) is 14.2. The molecule has 2 aromatic heterocycles. The molecule has 1 unspecified atom stereocenters. The summed E-state index contributed by atoms with van der Waals surface area (Å²) in [6.45, 7) is 3.55. The van der Waals surface area contributed by atoms with Gasteiger partial charge in [0.25, 0.3) is 5.82 Å². The Balaban J connectivity index is 2.06. The second kappa shape index (κ2) is 5.26. The molecular weight excluding hydrogens is 295 g/mol. The van der Waals surface area contributed by atoms with E-state index < -0.39 is 12.0 Å². The van der Waals surface area contributed by atoms with Crippen LogP contribution in [0.1, 0.15) is 36.2 Å². The summed E-state index contributed by atoms with van der Waals surface area (Å²) in [4.78, 5) is 0. The van der Waals surface area contributed by atoms with E-state index in [0.29, 0.717) is 11.4 Å². The lowest BCUT2D eigenvalue weighted by atomic mass is 10.0. The van der Waals surface area contributed by atoms with Crippen molar-refractivity contribution in [1.29, 1.82) is 0 Å². The summed E-state index contributed by atoms with van der Waals surface area (Å²) in [6.07, 6.45) is 2.32. The highest BCUT2D eigenvalue weighted by atomic mass is 19.4. The second-order valence-electron chi connectivity index (χ2n) is 5.48. The molecule has 1 atom stereocenters. The zero-order valence-electron chi connectivity index (χ0n) is 12.3. The number of anilines is 1. The molecule has 5 nitrogen and oxygen atoms in total. The topological polar surface area (TPSA) is 55.1 Å². The van der Waals surface area contributed by atoms with Crippen LogP contribution in [0, 0.1) is 13.8 Å². The van der Waals surface area contributed by atoms with Crippen molar-refractivity contribution in [2.24, 2.45) is 0 Å². The van der Waals surface area contributed by atoms with Crippen LogP contribution in [0.2, 0.25) is 0 Å². The minimum atomic E-state index is -4.58. The van der Waals surface area contributed by atoms with E-state index in [1.165, 1.54) is 0 Å². The zero-order chi connectivity index (χ0) is 15.9. The Morgan fingerprint density at radius 3 is 2.59 bits per heavy atom. The third kappa shape index (κ3) is 2.53. The number of halogens is 3. The van der Waals surface area contributed by atoms with Crippen LogP contribution in [0.5, 0.6) is 0 Å². The molecule has 0 spiro atoms. The Morgan fingerprint density at radius 1 is 1.18 bits per heavy atom. The van der Waals surface area contributed by atoms with Crippen LogP contribution in [0.4, 0.5) is 19.0 Å². The molecular formula is C14H16F3N5. The molecule has 0 radical (unpaired) electrons. The van der Waals surface area contributed by atoms with Gasteiger partial charge in [-0.25, -0.2) is 0 Å². The first-order valence-electron chi connectivity index (χ1n) is 7.09. The largest absolute Gasteiger partial charge is 0.453 e. The monoisotopic (exact) mass is 311 g/mol. The highest BCUT2D eigenvalue weighted by Crippen LogP contribution is 2.30. The maximum absolute atomic E-state index is 13.0. The molecule has 1 N–H and O–H groups in total. The maximum Gasteiger partial charge on any atom is 0.453 e. The van der Waals surface area contributed by atoms with Crippen LogP contribution in [-0.4, -0.2) is 25.9 Å². The normalized spacial score (nSPS) is 18.9. The molecule has 0 aromatic carbocycles. The van der Waals surface area contributed by atoms with E-state index in [2.05, 4.69) is 32.8 Å². The number of nitrogens with one attached hydrogen (secondary N) is 1. The number of nitrogens with zero attached hydrogens (tertiary/aromatic N) is 4. The van der Waals surface area contributed by atoms with Crippen molar-refractivity contribution in [2.45, 2.75) is 45.3 Å². The fourth-order valence-corrected chi connectivity index (χ4v) is 2.56. The highest BCUT2D eigenvalue weighted by Gasteiger charge is 2.38. The Bertz CT molecular complexity index is 732. The summed E-state index contributed by atoms with van der Waals surface area (Å²) in [5.41, 5.74) is 1.58. The number of hydrogen-bond donors (Lipinski definition) is 1. The first kappa shape index (κ1) is 14.8. The molecule has 2 heterocycles. The van der Waals surface area contributed by atoms with Gasteiger partial charge in [-0.05, 0) is 38.7 Å². The van der Waals surface area contributed by atoms with Crippen LogP contribution >= 0.6 is 0 Å². The van der Waals surface area contributed by atoms with Gasteiger partial charge >= 0.3 is 6.18 Å². The van der Waals surface area contributed by atoms with Crippen molar-refractivity contribution >= 4 is 11.5 Å². The number of aryl methyl sites for hydroxylation is 1. The minimum absolute atomic E-state index is 0.138. The molecule has 1 aliphatic rings. The SMILES string of the molecule is Cc1c(NC2CC=CCC2)nn2c(C(F)(F)F)nnc2c1C. The average molecular weight is 311 g/mol. The average Bonchev–Trinajstić information content (AvgIpc) is 2.89. The van der Waals surface area contributed by atoms with Crippen LogP contribution < -0.4 is 5.32 Å². The maximum atomic E-state index is 13.0. The van der Waals surface area contributed by atoms with Gasteiger partial charge in [0, 0.05) is 11.6 Å². The molecule has 0 aliphatic heterocycles. The summed E-state index contributed by atoms with van der Waals surface area (Å²) >= 11 is 0. The third-order valence-corrected chi connectivity index (χ3v) is 3.96. The van der Waals surface area contributed by atoms with E-state index in [1.807, 2.05) is 6.92 Å². The van der Waals surface area contributed by atoms with Gasteiger partial charge in [0.15, 0.2) is 11.5 Å². The predicted octanol–water partition coefficient (Wildman–Crippen LogP) is 3.28. The molecule has 0 bridgehead atoms. The van der Waals surface area contributed by atoms with Crippen LogP contribution in [-0.2, 0) is 6.18 Å². The van der Waals surface area contributed by atoms with Crippen molar-refractivity contribution in [3.8, 4) is 0 Å². The molecule has 0 saturated heterocycles. The van der Waals surface area contributed by atoms with Gasteiger partial charge in [-0.2, -0.15) is 17.7 Å². The van der Waals surface area contributed by atoms with Gasteiger partial charge in [-0.1, -0.05) is 12.2 Å². The summed E-state index contributed by atoms with van der Waals surface area (Å²) in [7, 11) is 0. The number of aromatic nitrogens is 4. The van der Waals surface area contributed by atoms with Crippen molar-refractivity contribution in [3.63, 3.8) is 0 Å². The zero-order valence-corrected chi connectivity index (χ0v) is 12.3. The summed E-state index contributed by atoms with van der Waals surface area (Å²) < 4.78 is 39.7. The van der Waals surface area contributed by atoms with E-state index in [4.69, 9.17) is 0 Å². The number of alkyl halides is 3. The van der Waals surface area contributed by atoms with E-state index in [-0.39, 0.29) is 11.7 Å². The van der Waals surface area contributed by atoms with Crippen molar-refractivity contribution in [2.75, 3.05) is 5.32 Å². The van der Waals surface area contributed by atoms with Gasteiger partial charge in [0.1, 0.15) is 0 Å². The van der Waals surface area contributed by atoms with Crippen LogP contribution in [0.25, 0.3) is 5.65 Å². The number of allylic oxidation sites excluding steroid dienone is 1. The third-order valence-electron chi connectivity index (χ3n) is 3.96. The number of fused-ring (bicyclic) bond motifs is 1. The smallest absolute Gasteiger partial charge is 0.365 e. The highest BCUT2D eigenvalue weighted by molar-refractivity contribution is 5.58. The van der Waals surface area contributed by atoms with E-state index in [1.54, 1.807) is 6.92 Å². The van der Waals surface area contributed by atoms with Crippen molar-refractivity contribution in [3.05, 3.63) is 29.1 Å². The predicted molar refractivity (Wildman–Crippen MR) is 75.7 cm³/mol. The number of hydrogen-bond acceptors (Lipinski definition) is 4. The Hall–Kier alpha value is -2.12. The van der Waals surface area contributed by atoms with Crippen molar-refractivity contribution in [1.82, 2.24) is 19.8 Å². The van der Waals surface area contributed by atoms with E-state index >= 15 is 0 Å².